The molecule has 4 rings (SSSR count). The van der Waals surface area contributed by atoms with Crippen LogP contribution in [0.1, 0.15) is 46.1 Å². The maximum absolute atomic E-state index is 5.78. The molecule has 2 aliphatic rings. The third kappa shape index (κ3) is 1.58. The zero-order valence-electron chi connectivity index (χ0n) is 11.1. The van der Waals surface area contributed by atoms with Crippen LogP contribution in [0.4, 0.5) is 0 Å². The first-order valence-electron chi connectivity index (χ1n) is 7.28. The van der Waals surface area contributed by atoms with Crippen molar-refractivity contribution in [2.75, 3.05) is 6.54 Å². The van der Waals surface area contributed by atoms with Gasteiger partial charge >= 0.3 is 0 Å². The number of hydrogen-bond donors (Lipinski definition) is 1. The highest BCUT2D eigenvalue weighted by Gasteiger charge is 2.38. The molecule has 0 aromatic heterocycles. The first kappa shape index (κ1) is 11.2. The van der Waals surface area contributed by atoms with Gasteiger partial charge in [0.05, 0.1) is 0 Å². The average molecular weight is 249 g/mol. The number of hydrogen-bond acceptors (Lipinski definition) is 1. The Morgan fingerprint density at radius 1 is 1.00 bits per heavy atom. The van der Waals surface area contributed by atoms with Crippen molar-refractivity contribution < 1.29 is 0 Å². The zero-order chi connectivity index (χ0) is 12.8. The van der Waals surface area contributed by atoms with Gasteiger partial charge in [-0.1, -0.05) is 42.5 Å². The normalized spacial score (nSPS) is 23.0. The lowest BCUT2D eigenvalue weighted by Crippen LogP contribution is -2.10. The van der Waals surface area contributed by atoms with Crippen molar-refractivity contribution in [2.45, 2.75) is 31.1 Å². The lowest BCUT2D eigenvalue weighted by molar-refractivity contribution is 0.590. The van der Waals surface area contributed by atoms with Gasteiger partial charge in [-0.2, -0.15) is 0 Å². The molecule has 0 radical (unpaired) electrons. The Bertz CT molecular complexity index is 629. The maximum Gasteiger partial charge on any atom is 0.0101 e. The van der Waals surface area contributed by atoms with E-state index in [0.29, 0.717) is 5.92 Å². The van der Waals surface area contributed by atoms with E-state index in [2.05, 4.69) is 42.5 Å². The Hall–Kier alpha value is -1.60. The van der Waals surface area contributed by atoms with Crippen LogP contribution < -0.4 is 5.73 Å². The van der Waals surface area contributed by atoms with Crippen LogP contribution in [-0.4, -0.2) is 6.54 Å². The molecule has 96 valence electrons. The van der Waals surface area contributed by atoms with Gasteiger partial charge < -0.3 is 5.73 Å². The maximum atomic E-state index is 5.78. The van der Waals surface area contributed by atoms with Gasteiger partial charge in [0.1, 0.15) is 0 Å². The summed E-state index contributed by atoms with van der Waals surface area (Å²) in [7, 11) is 0. The van der Waals surface area contributed by atoms with Crippen molar-refractivity contribution in [1.29, 1.82) is 0 Å². The Labute approximate surface area is 114 Å². The molecule has 2 unspecified atom stereocenters. The summed E-state index contributed by atoms with van der Waals surface area (Å²) in [5.41, 5.74) is 13.6. The Morgan fingerprint density at radius 2 is 1.84 bits per heavy atom. The van der Waals surface area contributed by atoms with Crippen molar-refractivity contribution >= 4 is 0 Å². The van der Waals surface area contributed by atoms with E-state index in [9.17, 15) is 0 Å². The van der Waals surface area contributed by atoms with E-state index < -0.39 is 0 Å². The predicted molar refractivity (Wildman–Crippen MR) is 78.5 cm³/mol. The molecule has 2 aromatic carbocycles. The van der Waals surface area contributed by atoms with Crippen molar-refractivity contribution in [1.82, 2.24) is 0 Å². The smallest absolute Gasteiger partial charge is 0.0101 e. The van der Waals surface area contributed by atoms with Crippen LogP contribution in [0.5, 0.6) is 0 Å². The fourth-order valence-corrected chi connectivity index (χ4v) is 4.14. The molecule has 2 bridgehead atoms. The van der Waals surface area contributed by atoms with Gasteiger partial charge in [0.15, 0.2) is 0 Å². The Balaban J connectivity index is 1.89. The van der Waals surface area contributed by atoms with Crippen molar-refractivity contribution in [3.05, 3.63) is 70.3 Å². The van der Waals surface area contributed by atoms with Crippen LogP contribution in [0.2, 0.25) is 0 Å². The molecule has 0 fully saturated rings. The molecule has 2 aliphatic carbocycles. The van der Waals surface area contributed by atoms with Crippen molar-refractivity contribution in [2.24, 2.45) is 5.73 Å². The largest absolute Gasteiger partial charge is 0.330 e. The van der Waals surface area contributed by atoms with Crippen LogP contribution in [0.3, 0.4) is 0 Å². The number of rotatable bonds is 2. The van der Waals surface area contributed by atoms with Crippen LogP contribution in [-0.2, 0) is 12.8 Å². The van der Waals surface area contributed by atoms with Gasteiger partial charge in [-0.05, 0) is 59.5 Å². The quantitative estimate of drug-likeness (QED) is 0.867. The minimum atomic E-state index is 0.627. The van der Waals surface area contributed by atoms with Crippen molar-refractivity contribution in [3.8, 4) is 0 Å². The van der Waals surface area contributed by atoms with Gasteiger partial charge in [-0.15, -0.1) is 0 Å². The molecule has 0 saturated carbocycles. The molecule has 0 heterocycles. The van der Waals surface area contributed by atoms with E-state index in [4.69, 9.17) is 5.73 Å². The summed E-state index contributed by atoms with van der Waals surface area (Å²) in [6.45, 7) is 0.751. The van der Waals surface area contributed by atoms with Gasteiger partial charge in [0, 0.05) is 5.92 Å². The molecule has 2 atom stereocenters. The molecule has 2 N–H and O–H groups in total. The van der Waals surface area contributed by atoms with Gasteiger partial charge in [0.25, 0.3) is 0 Å². The Morgan fingerprint density at radius 3 is 2.74 bits per heavy atom. The first-order valence-corrected chi connectivity index (χ1v) is 7.28. The summed E-state index contributed by atoms with van der Waals surface area (Å²) in [6.07, 6.45) is 3.53. The fraction of sp³-hybridized carbons (Fsp3) is 0.333. The van der Waals surface area contributed by atoms with E-state index in [0.717, 1.165) is 18.9 Å². The lowest BCUT2D eigenvalue weighted by Gasteiger charge is -2.23. The highest BCUT2D eigenvalue weighted by molar-refractivity contribution is 5.54. The molecular formula is C18H19N. The summed E-state index contributed by atoms with van der Waals surface area (Å²) in [5.74, 6) is 1.35. The summed E-state index contributed by atoms with van der Waals surface area (Å²) in [6, 6.07) is 15.8. The minimum Gasteiger partial charge on any atom is -0.330 e. The van der Waals surface area contributed by atoms with Crippen LogP contribution in [0.15, 0.2) is 42.5 Å². The molecule has 19 heavy (non-hydrogen) atoms. The van der Waals surface area contributed by atoms with E-state index in [-0.39, 0.29) is 0 Å². The monoisotopic (exact) mass is 249 g/mol. The summed E-state index contributed by atoms with van der Waals surface area (Å²) in [4.78, 5) is 0. The highest BCUT2D eigenvalue weighted by atomic mass is 14.5. The predicted octanol–water partition coefficient (Wildman–Crippen LogP) is 3.36. The van der Waals surface area contributed by atoms with Gasteiger partial charge in [-0.3, -0.25) is 0 Å². The minimum absolute atomic E-state index is 0.627. The molecule has 2 aromatic rings. The second-order valence-electron chi connectivity index (χ2n) is 5.85. The van der Waals surface area contributed by atoms with Gasteiger partial charge in [-0.25, -0.2) is 0 Å². The molecule has 0 amide bonds. The van der Waals surface area contributed by atoms with Crippen LogP contribution in [0.25, 0.3) is 0 Å². The third-order valence-corrected chi connectivity index (χ3v) is 4.84. The van der Waals surface area contributed by atoms with E-state index in [1.807, 2.05) is 0 Å². The second-order valence-corrected chi connectivity index (χ2v) is 5.85. The fourth-order valence-electron chi connectivity index (χ4n) is 4.14. The first-order chi connectivity index (χ1) is 9.38. The number of nitrogens with two attached hydrogens (primary N) is 1. The summed E-state index contributed by atoms with van der Waals surface area (Å²) < 4.78 is 0. The SMILES string of the molecule is NCCc1cccc2c1C1Cc3ccccc3C2C1. The van der Waals surface area contributed by atoms with Crippen LogP contribution >= 0.6 is 0 Å². The van der Waals surface area contributed by atoms with E-state index >= 15 is 0 Å². The molecule has 1 nitrogen and oxygen atoms in total. The third-order valence-electron chi connectivity index (χ3n) is 4.84. The van der Waals surface area contributed by atoms with Gasteiger partial charge in [0.2, 0.25) is 0 Å². The molecule has 0 saturated heterocycles. The topological polar surface area (TPSA) is 26.0 Å². The highest BCUT2D eigenvalue weighted by Crippen LogP contribution is 2.52. The molecular weight excluding hydrogens is 230 g/mol. The van der Waals surface area contributed by atoms with E-state index in [1.165, 1.54) is 18.4 Å². The number of benzene rings is 2. The van der Waals surface area contributed by atoms with Crippen molar-refractivity contribution in [3.63, 3.8) is 0 Å². The second kappa shape index (κ2) is 4.21. The number of fused-ring (bicyclic) bond motifs is 7. The average Bonchev–Trinajstić information content (AvgIpc) is 2.75. The molecule has 0 aliphatic heterocycles. The lowest BCUT2D eigenvalue weighted by atomic mass is 9.81. The van der Waals surface area contributed by atoms with Crippen LogP contribution in [0, 0.1) is 0 Å². The standard InChI is InChI=1S/C18H19N/c19-9-8-12-5-3-7-16-17-11-14(18(12)16)10-13-4-1-2-6-15(13)17/h1-7,14,17H,8-11,19H2. The van der Waals surface area contributed by atoms with E-state index in [1.54, 1.807) is 22.3 Å². The summed E-state index contributed by atoms with van der Waals surface area (Å²) in [5, 5.41) is 0. The summed E-state index contributed by atoms with van der Waals surface area (Å²) >= 11 is 0. The Kier molecular flexibility index (Phi) is 2.49. The molecule has 1 heteroatoms. The molecule has 0 spiro atoms. The zero-order valence-corrected chi connectivity index (χ0v) is 11.1.